The molecular weight excluding hydrogens is 280 g/mol. The van der Waals surface area contributed by atoms with E-state index in [2.05, 4.69) is 20.4 Å². The Kier molecular flexibility index (Phi) is 4.22. The summed E-state index contributed by atoms with van der Waals surface area (Å²) in [5, 5.41) is 9.79. The summed E-state index contributed by atoms with van der Waals surface area (Å²) >= 11 is 0. The molecule has 0 radical (unpaired) electrons. The number of carbonyl (C=O) groups is 1. The van der Waals surface area contributed by atoms with Gasteiger partial charge < -0.3 is 15.0 Å². The number of nitrogens with one attached hydrogen (secondary N) is 2. The molecule has 1 aromatic heterocycles. The summed E-state index contributed by atoms with van der Waals surface area (Å²) < 4.78 is 5.44. The molecule has 1 amide bonds. The standard InChI is InChI=1S/C16H20N4O2/c1-20-9-14(15(10-20)22-2)19-16(21)12-5-3-4-11(6-12)13-7-17-18-8-13/h3-8,14-15H,9-10H2,1-2H3,(H,17,18)(H,19,21)/t14-,15-/m0/s1. The zero-order valence-electron chi connectivity index (χ0n) is 12.7. The lowest BCUT2D eigenvalue weighted by Crippen LogP contribution is -2.43. The van der Waals surface area contributed by atoms with Crippen molar-refractivity contribution < 1.29 is 9.53 Å². The van der Waals surface area contributed by atoms with E-state index in [0.717, 1.165) is 24.2 Å². The van der Waals surface area contributed by atoms with Crippen molar-refractivity contribution in [1.29, 1.82) is 0 Å². The molecule has 0 saturated carbocycles. The monoisotopic (exact) mass is 300 g/mol. The highest BCUT2D eigenvalue weighted by atomic mass is 16.5. The van der Waals surface area contributed by atoms with Crippen molar-refractivity contribution in [2.75, 3.05) is 27.2 Å². The molecule has 2 aromatic rings. The van der Waals surface area contributed by atoms with Gasteiger partial charge in [0.15, 0.2) is 0 Å². The second-order valence-electron chi connectivity index (χ2n) is 5.64. The number of nitrogens with zero attached hydrogens (tertiary/aromatic N) is 2. The largest absolute Gasteiger partial charge is 0.378 e. The van der Waals surface area contributed by atoms with Crippen molar-refractivity contribution in [1.82, 2.24) is 20.4 Å². The maximum absolute atomic E-state index is 12.5. The molecule has 1 aromatic carbocycles. The predicted molar refractivity (Wildman–Crippen MR) is 83.6 cm³/mol. The third-order valence-corrected chi connectivity index (χ3v) is 4.02. The molecule has 0 unspecified atom stereocenters. The molecule has 1 saturated heterocycles. The van der Waals surface area contributed by atoms with Crippen LogP contribution in [-0.2, 0) is 4.74 Å². The Morgan fingerprint density at radius 3 is 3.00 bits per heavy atom. The summed E-state index contributed by atoms with van der Waals surface area (Å²) in [6.07, 6.45) is 3.58. The first-order chi connectivity index (χ1) is 10.7. The summed E-state index contributed by atoms with van der Waals surface area (Å²) in [5.74, 6) is -0.0762. The second kappa shape index (κ2) is 6.29. The van der Waals surface area contributed by atoms with Gasteiger partial charge in [-0.3, -0.25) is 9.89 Å². The molecule has 2 N–H and O–H groups in total. The van der Waals surface area contributed by atoms with E-state index >= 15 is 0 Å². The van der Waals surface area contributed by atoms with E-state index in [-0.39, 0.29) is 18.1 Å². The van der Waals surface area contributed by atoms with Crippen LogP contribution >= 0.6 is 0 Å². The van der Waals surface area contributed by atoms with Crippen LogP contribution in [0.5, 0.6) is 0 Å². The van der Waals surface area contributed by atoms with Gasteiger partial charge in [0.2, 0.25) is 0 Å². The van der Waals surface area contributed by atoms with Gasteiger partial charge in [-0.2, -0.15) is 5.10 Å². The van der Waals surface area contributed by atoms with Crippen LogP contribution in [0.25, 0.3) is 11.1 Å². The summed E-state index contributed by atoms with van der Waals surface area (Å²) in [6, 6.07) is 7.55. The van der Waals surface area contributed by atoms with E-state index in [1.54, 1.807) is 13.3 Å². The Bertz CT molecular complexity index is 641. The van der Waals surface area contributed by atoms with Gasteiger partial charge in [0, 0.05) is 37.5 Å². The topological polar surface area (TPSA) is 70.2 Å². The van der Waals surface area contributed by atoms with Crippen LogP contribution in [0.3, 0.4) is 0 Å². The Morgan fingerprint density at radius 1 is 1.41 bits per heavy atom. The first kappa shape index (κ1) is 14.7. The van der Waals surface area contributed by atoms with Gasteiger partial charge in [0.05, 0.1) is 18.3 Å². The molecule has 1 fully saturated rings. The van der Waals surface area contributed by atoms with Gasteiger partial charge in [0.25, 0.3) is 5.91 Å². The fourth-order valence-corrected chi connectivity index (χ4v) is 2.84. The van der Waals surface area contributed by atoms with Gasteiger partial charge in [-0.05, 0) is 24.7 Å². The number of hydrogen-bond donors (Lipinski definition) is 2. The number of likely N-dealkylation sites (N-methyl/N-ethyl adjacent to an activating group) is 1. The van der Waals surface area contributed by atoms with Gasteiger partial charge >= 0.3 is 0 Å². The number of aromatic amines is 1. The lowest BCUT2D eigenvalue weighted by atomic mass is 10.1. The molecule has 3 rings (SSSR count). The summed E-state index contributed by atoms with van der Waals surface area (Å²) in [5.41, 5.74) is 2.57. The minimum absolute atomic E-state index is 0.0140. The van der Waals surface area contributed by atoms with Crippen LogP contribution in [0.1, 0.15) is 10.4 Å². The van der Waals surface area contributed by atoms with E-state index in [0.29, 0.717) is 5.56 Å². The summed E-state index contributed by atoms with van der Waals surface area (Å²) in [7, 11) is 3.71. The smallest absolute Gasteiger partial charge is 0.251 e. The van der Waals surface area contributed by atoms with Crippen molar-refractivity contribution in [3.05, 3.63) is 42.2 Å². The number of hydrogen-bond acceptors (Lipinski definition) is 4. The van der Waals surface area contributed by atoms with Gasteiger partial charge in [0.1, 0.15) is 0 Å². The number of benzene rings is 1. The SMILES string of the molecule is CO[C@H]1CN(C)C[C@@H]1NC(=O)c1cccc(-c2cn[nH]c2)c1. The number of carbonyl (C=O) groups excluding carboxylic acids is 1. The molecule has 6 nitrogen and oxygen atoms in total. The molecule has 1 aliphatic rings. The zero-order valence-corrected chi connectivity index (χ0v) is 12.7. The molecule has 1 aliphatic heterocycles. The minimum atomic E-state index is -0.0762. The Balaban J connectivity index is 1.74. The normalized spacial score (nSPS) is 21.9. The quantitative estimate of drug-likeness (QED) is 0.888. The zero-order chi connectivity index (χ0) is 15.5. The molecule has 22 heavy (non-hydrogen) atoms. The summed E-state index contributed by atoms with van der Waals surface area (Å²) in [4.78, 5) is 14.6. The number of likely N-dealkylation sites (tertiary alicyclic amines) is 1. The number of methoxy groups -OCH3 is 1. The van der Waals surface area contributed by atoms with Crippen LogP contribution in [0.2, 0.25) is 0 Å². The highest BCUT2D eigenvalue weighted by Gasteiger charge is 2.32. The molecule has 0 spiro atoms. The van der Waals surface area contributed by atoms with Crippen LogP contribution in [0.15, 0.2) is 36.7 Å². The fraction of sp³-hybridized carbons (Fsp3) is 0.375. The number of H-pyrrole nitrogens is 1. The highest BCUT2D eigenvalue weighted by Crippen LogP contribution is 2.19. The van der Waals surface area contributed by atoms with E-state index in [4.69, 9.17) is 4.74 Å². The van der Waals surface area contributed by atoms with Crippen molar-refractivity contribution in [2.45, 2.75) is 12.1 Å². The van der Waals surface area contributed by atoms with Crippen LogP contribution in [-0.4, -0.2) is 60.4 Å². The Hall–Kier alpha value is -2.18. The number of amides is 1. The van der Waals surface area contributed by atoms with Gasteiger partial charge in [-0.25, -0.2) is 0 Å². The molecule has 2 atom stereocenters. The second-order valence-corrected chi connectivity index (χ2v) is 5.64. The third kappa shape index (κ3) is 3.03. The molecular formula is C16H20N4O2. The van der Waals surface area contributed by atoms with Gasteiger partial charge in [-0.1, -0.05) is 12.1 Å². The first-order valence-electron chi connectivity index (χ1n) is 7.29. The van der Waals surface area contributed by atoms with Crippen molar-refractivity contribution in [3.63, 3.8) is 0 Å². The number of aromatic nitrogens is 2. The average Bonchev–Trinajstić information content (AvgIpc) is 3.17. The van der Waals surface area contributed by atoms with E-state index < -0.39 is 0 Å². The van der Waals surface area contributed by atoms with E-state index in [1.807, 2.05) is 37.5 Å². The van der Waals surface area contributed by atoms with Crippen molar-refractivity contribution >= 4 is 5.91 Å². The molecule has 0 aliphatic carbocycles. The van der Waals surface area contributed by atoms with Crippen LogP contribution in [0.4, 0.5) is 0 Å². The molecule has 0 bridgehead atoms. The average molecular weight is 300 g/mol. The maximum atomic E-state index is 12.5. The van der Waals surface area contributed by atoms with Crippen molar-refractivity contribution in [2.24, 2.45) is 0 Å². The summed E-state index contributed by atoms with van der Waals surface area (Å²) in [6.45, 7) is 1.63. The molecule has 6 heteroatoms. The predicted octanol–water partition coefficient (Wildman–Crippen LogP) is 1.14. The highest BCUT2D eigenvalue weighted by molar-refractivity contribution is 5.95. The van der Waals surface area contributed by atoms with E-state index in [9.17, 15) is 4.79 Å². The van der Waals surface area contributed by atoms with E-state index in [1.165, 1.54) is 0 Å². The maximum Gasteiger partial charge on any atom is 0.251 e. The van der Waals surface area contributed by atoms with Gasteiger partial charge in [-0.15, -0.1) is 0 Å². The molecule has 116 valence electrons. The fourth-order valence-electron chi connectivity index (χ4n) is 2.84. The van der Waals surface area contributed by atoms with Crippen LogP contribution in [0, 0.1) is 0 Å². The Labute approximate surface area is 129 Å². The minimum Gasteiger partial charge on any atom is -0.378 e. The third-order valence-electron chi connectivity index (χ3n) is 4.02. The lowest BCUT2D eigenvalue weighted by molar-refractivity contribution is 0.0766. The first-order valence-corrected chi connectivity index (χ1v) is 7.29. The number of rotatable bonds is 4. The van der Waals surface area contributed by atoms with Crippen LogP contribution < -0.4 is 5.32 Å². The Morgan fingerprint density at radius 2 is 2.27 bits per heavy atom. The lowest BCUT2D eigenvalue weighted by Gasteiger charge is -2.18. The number of ether oxygens (including phenoxy) is 1. The van der Waals surface area contributed by atoms with Crippen molar-refractivity contribution in [3.8, 4) is 11.1 Å². The molecule has 2 heterocycles.